The Morgan fingerprint density at radius 1 is 1.43 bits per heavy atom. The van der Waals surface area contributed by atoms with E-state index in [4.69, 9.17) is 0 Å². The zero-order chi connectivity index (χ0) is 15.2. The van der Waals surface area contributed by atoms with Crippen LogP contribution in [0.25, 0.3) is 0 Å². The molecule has 0 spiro atoms. The molecule has 0 fully saturated rings. The van der Waals surface area contributed by atoms with E-state index in [0.717, 1.165) is 5.01 Å². The lowest BCUT2D eigenvalue weighted by atomic mass is 10.3. The first-order valence-electron chi connectivity index (χ1n) is 6.44. The van der Waals surface area contributed by atoms with Crippen LogP contribution in [0.3, 0.4) is 0 Å². The van der Waals surface area contributed by atoms with Crippen molar-refractivity contribution in [1.29, 1.82) is 0 Å². The molecule has 0 bridgehead atoms. The van der Waals surface area contributed by atoms with E-state index in [-0.39, 0.29) is 6.03 Å². The van der Waals surface area contributed by atoms with E-state index in [1.165, 1.54) is 4.88 Å². The summed E-state index contributed by atoms with van der Waals surface area (Å²) in [4.78, 5) is 17.9. The molecule has 2 N–H and O–H groups in total. The van der Waals surface area contributed by atoms with Gasteiger partial charge < -0.3 is 10.6 Å². The van der Waals surface area contributed by atoms with E-state index in [1.54, 1.807) is 41.9 Å². The molecule has 112 valence electrons. The number of nitrogens with one attached hydrogen (secondary N) is 2. The van der Waals surface area contributed by atoms with Gasteiger partial charge in [-0.15, -0.1) is 11.3 Å². The van der Waals surface area contributed by atoms with Gasteiger partial charge in [0.1, 0.15) is 0 Å². The zero-order valence-corrected chi connectivity index (χ0v) is 13.5. The third-order valence-electron chi connectivity index (χ3n) is 2.72. The standard InChI is InChI=1S/C14H17N3O2S2/c1-10-9-16-13(20-10)6-7-15-14(18)17-11-4-3-5-12(8-11)21(2)19/h3-5,8-9H,6-7H2,1-2H3,(H2,15,17,18)/t21-/m0/s1. The lowest BCUT2D eigenvalue weighted by Crippen LogP contribution is -2.30. The van der Waals surface area contributed by atoms with Gasteiger partial charge in [0.25, 0.3) is 0 Å². The number of thiazole rings is 1. The summed E-state index contributed by atoms with van der Waals surface area (Å²) in [5.74, 6) is 0. The molecule has 21 heavy (non-hydrogen) atoms. The highest BCUT2D eigenvalue weighted by Crippen LogP contribution is 2.13. The molecule has 0 aliphatic rings. The fraction of sp³-hybridized carbons (Fsp3) is 0.286. The highest BCUT2D eigenvalue weighted by Gasteiger charge is 2.04. The number of amides is 2. The average molecular weight is 323 g/mol. The molecule has 0 unspecified atom stereocenters. The van der Waals surface area contributed by atoms with Crippen molar-refractivity contribution in [2.75, 3.05) is 18.1 Å². The van der Waals surface area contributed by atoms with Gasteiger partial charge in [-0.3, -0.25) is 4.21 Å². The molecule has 5 nitrogen and oxygen atoms in total. The smallest absolute Gasteiger partial charge is 0.319 e. The largest absolute Gasteiger partial charge is 0.337 e. The predicted molar refractivity (Wildman–Crippen MR) is 86.4 cm³/mol. The van der Waals surface area contributed by atoms with Crippen molar-refractivity contribution >= 4 is 33.9 Å². The molecular weight excluding hydrogens is 306 g/mol. The van der Waals surface area contributed by atoms with Crippen molar-refractivity contribution in [3.63, 3.8) is 0 Å². The van der Waals surface area contributed by atoms with E-state index < -0.39 is 10.8 Å². The zero-order valence-electron chi connectivity index (χ0n) is 11.9. The van der Waals surface area contributed by atoms with Crippen LogP contribution in [0.15, 0.2) is 35.4 Å². The van der Waals surface area contributed by atoms with Crippen LogP contribution in [0.4, 0.5) is 10.5 Å². The number of hydrogen-bond donors (Lipinski definition) is 2. The molecule has 0 saturated carbocycles. The number of anilines is 1. The predicted octanol–water partition coefficient (Wildman–Crippen LogP) is 2.55. The van der Waals surface area contributed by atoms with Crippen LogP contribution < -0.4 is 10.6 Å². The van der Waals surface area contributed by atoms with Gasteiger partial charge in [-0.1, -0.05) is 6.07 Å². The van der Waals surface area contributed by atoms with Crippen molar-refractivity contribution in [3.05, 3.63) is 40.3 Å². The molecule has 2 amide bonds. The molecule has 1 aromatic heterocycles. The maximum atomic E-state index is 11.8. The van der Waals surface area contributed by atoms with Gasteiger partial charge in [-0.2, -0.15) is 0 Å². The van der Waals surface area contributed by atoms with Crippen molar-refractivity contribution in [2.24, 2.45) is 0 Å². The number of carbonyl (C=O) groups excluding carboxylic acids is 1. The SMILES string of the molecule is Cc1cnc(CCNC(=O)Nc2cccc([S@](C)=O)c2)s1. The summed E-state index contributed by atoms with van der Waals surface area (Å²) in [7, 11) is -1.06. The first-order chi connectivity index (χ1) is 10.0. The summed E-state index contributed by atoms with van der Waals surface area (Å²) in [5, 5.41) is 6.52. The second kappa shape index (κ2) is 7.33. The Morgan fingerprint density at radius 3 is 2.90 bits per heavy atom. The number of aryl methyl sites for hydroxylation is 1. The average Bonchev–Trinajstić information content (AvgIpc) is 2.84. The van der Waals surface area contributed by atoms with Crippen LogP contribution >= 0.6 is 11.3 Å². The lowest BCUT2D eigenvalue weighted by Gasteiger charge is -2.07. The molecule has 2 rings (SSSR count). The van der Waals surface area contributed by atoms with Gasteiger partial charge >= 0.3 is 6.03 Å². The Bertz CT molecular complexity index is 655. The van der Waals surface area contributed by atoms with Crippen LogP contribution in [-0.2, 0) is 17.2 Å². The van der Waals surface area contributed by atoms with Gasteiger partial charge in [0.15, 0.2) is 0 Å². The monoisotopic (exact) mass is 323 g/mol. The maximum absolute atomic E-state index is 11.8. The second-order valence-corrected chi connectivity index (χ2v) is 7.18. The number of benzene rings is 1. The Kier molecular flexibility index (Phi) is 5.46. The minimum absolute atomic E-state index is 0.276. The number of urea groups is 1. The molecule has 0 saturated heterocycles. The number of nitrogens with zero attached hydrogens (tertiary/aromatic N) is 1. The highest BCUT2D eigenvalue weighted by atomic mass is 32.2. The fourth-order valence-corrected chi connectivity index (χ4v) is 3.08. The Balaban J connectivity index is 1.81. The van der Waals surface area contributed by atoms with Crippen molar-refractivity contribution in [1.82, 2.24) is 10.3 Å². The van der Waals surface area contributed by atoms with Gasteiger partial charge in [0, 0.05) is 51.7 Å². The Labute approximate surface area is 130 Å². The molecule has 0 radical (unpaired) electrons. The molecule has 1 atom stereocenters. The molecular formula is C14H17N3O2S2. The van der Waals surface area contributed by atoms with Gasteiger partial charge in [-0.25, -0.2) is 9.78 Å². The molecule has 2 aromatic rings. The van der Waals surface area contributed by atoms with Crippen molar-refractivity contribution in [2.45, 2.75) is 18.2 Å². The number of hydrogen-bond acceptors (Lipinski definition) is 4. The number of rotatable bonds is 5. The molecule has 0 aliphatic heterocycles. The maximum Gasteiger partial charge on any atom is 0.319 e. The number of aromatic nitrogens is 1. The third kappa shape index (κ3) is 4.95. The van der Waals surface area contributed by atoms with Crippen LogP contribution in [0, 0.1) is 6.92 Å². The number of carbonyl (C=O) groups is 1. The summed E-state index contributed by atoms with van der Waals surface area (Å²) >= 11 is 1.63. The van der Waals surface area contributed by atoms with Gasteiger partial charge in [0.2, 0.25) is 0 Å². The third-order valence-corrected chi connectivity index (χ3v) is 4.61. The first-order valence-corrected chi connectivity index (χ1v) is 8.81. The molecule has 7 heteroatoms. The minimum atomic E-state index is -1.06. The van der Waals surface area contributed by atoms with E-state index in [1.807, 2.05) is 13.1 Å². The van der Waals surface area contributed by atoms with Gasteiger partial charge in [0.05, 0.1) is 5.01 Å². The van der Waals surface area contributed by atoms with Crippen LogP contribution in [0.1, 0.15) is 9.88 Å². The highest BCUT2D eigenvalue weighted by molar-refractivity contribution is 7.84. The summed E-state index contributed by atoms with van der Waals surface area (Å²) in [6.07, 6.45) is 4.15. The summed E-state index contributed by atoms with van der Waals surface area (Å²) in [6, 6.07) is 6.73. The van der Waals surface area contributed by atoms with E-state index in [2.05, 4.69) is 15.6 Å². The topological polar surface area (TPSA) is 71.1 Å². The van der Waals surface area contributed by atoms with Crippen LogP contribution in [0.5, 0.6) is 0 Å². The van der Waals surface area contributed by atoms with E-state index in [9.17, 15) is 9.00 Å². The second-order valence-electron chi connectivity index (χ2n) is 4.48. The minimum Gasteiger partial charge on any atom is -0.337 e. The van der Waals surface area contributed by atoms with E-state index >= 15 is 0 Å². The van der Waals surface area contributed by atoms with Crippen molar-refractivity contribution in [3.8, 4) is 0 Å². The van der Waals surface area contributed by atoms with Gasteiger partial charge in [-0.05, 0) is 25.1 Å². The quantitative estimate of drug-likeness (QED) is 0.888. The van der Waals surface area contributed by atoms with Crippen LogP contribution in [-0.4, -0.2) is 28.0 Å². The Hall–Kier alpha value is -1.73. The summed E-state index contributed by atoms with van der Waals surface area (Å²) in [5.41, 5.74) is 0.630. The summed E-state index contributed by atoms with van der Waals surface area (Å²) in [6.45, 7) is 2.53. The van der Waals surface area contributed by atoms with Crippen LogP contribution in [0.2, 0.25) is 0 Å². The molecule has 1 aromatic carbocycles. The fourth-order valence-electron chi connectivity index (χ4n) is 1.73. The summed E-state index contributed by atoms with van der Waals surface area (Å²) < 4.78 is 11.4. The van der Waals surface area contributed by atoms with Crippen molar-refractivity contribution < 1.29 is 9.00 Å². The Morgan fingerprint density at radius 2 is 2.24 bits per heavy atom. The first kappa shape index (κ1) is 15.7. The van der Waals surface area contributed by atoms with E-state index in [0.29, 0.717) is 23.5 Å². The lowest BCUT2D eigenvalue weighted by molar-refractivity contribution is 0.252. The molecule has 0 aliphatic carbocycles. The normalized spacial score (nSPS) is 11.9. The molecule has 1 heterocycles.